The fourth-order valence-corrected chi connectivity index (χ4v) is 2.90. The molecule has 0 aliphatic carbocycles. The predicted molar refractivity (Wildman–Crippen MR) is 83.3 cm³/mol. The average molecular weight is 307 g/mol. The molecular formula is C15H21N3O2S. The molecular weight excluding hydrogens is 286 g/mol. The highest BCUT2D eigenvalue weighted by Gasteiger charge is 2.34. The average Bonchev–Trinajstić information content (AvgIpc) is 3.07. The smallest absolute Gasteiger partial charge is 0.317 e. The van der Waals surface area contributed by atoms with E-state index in [1.807, 2.05) is 43.2 Å². The topological polar surface area (TPSA) is 57.0 Å². The molecule has 2 rings (SSSR count). The molecule has 0 spiro atoms. The highest BCUT2D eigenvalue weighted by Crippen LogP contribution is 2.30. The second-order valence-electron chi connectivity index (χ2n) is 5.38. The standard InChI is InChI=1S/C15H21N3O2S/c1-5-7-18-9-11(8-16-18)13-17-12(10-21-13)15(3,4)14(19)20-6-2/h8-10H,5-7H2,1-4H3. The minimum atomic E-state index is -0.732. The molecule has 0 fully saturated rings. The summed E-state index contributed by atoms with van der Waals surface area (Å²) in [7, 11) is 0. The van der Waals surface area contributed by atoms with Crippen molar-refractivity contribution in [3.8, 4) is 10.6 Å². The van der Waals surface area contributed by atoms with Crippen molar-refractivity contribution in [3.05, 3.63) is 23.5 Å². The van der Waals surface area contributed by atoms with Gasteiger partial charge in [-0.25, -0.2) is 4.98 Å². The highest BCUT2D eigenvalue weighted by molar-refractivity contribution is 7.13. The summed E-state index contributed by atoms with van der Waals surface area (Å²) in [6.07, 6.45) is 4.85. The first-order valence-corrected chi connectivity index (χ1v) is 8.03. The Balaban J connectivity index is 2.22. The van der Waals surface area contributed by atoms with Crippen molar-refractivity contribution in [2.24, 2.45) is 0 Å². The Morgan fingerprint density at radius 3 is 2.86 bits per heavy atom. The van der Waals surface area contributed by atoms with Crippen molar-refractivity contribution in [2.75, 3.05) is 6.61 Å². The van der Waals surface area contributed by atoms with Gasteiger partial charge in [-0.3, -0.25) is 9.48 Å². The Kier molecular flexibility index (Phi) is 4.77. The molecule has 0 aromatic carbocycles. The number of hydrogen-bond donors (Lipinski definition) is 0. The number of aryl methyl sites for hydroxylation is 1. The third-order valence-electron chi connectivity index (χ3n) is 3.26. The molecule has 0 radical (unpaired) electrons. The predicted octanol–water partition coefficient (Wildman–Crippen LogP) is 3.26. The Labute approximate surface area is 129 Å². The Morgan fingerprint density at radius 2 is 2.19 bits per heavy atom. The lowest BCUT2D eigenvalue weighted by Gasteiger charge is -2.19. The second kappa shape index (κ2) is 6.39. The highest BCUT2D eigenvalue weighted by atomic mass is 32.1. The van der Waals surface area contributed by atoms with Gasteiger partial charge in [-0.1, -0.05) is 6.92 Å². The molecule has 6 heteroatoms. The number of aromatic nitrogens is 3. The van der Waals surface area contributed by atoms with Crippen LogP contribution < -0.4 is 0 Å². The van der Waals surface area contributed by atoms with Crippen molar-refractivity contribution in [2.45, 2.75) is 46.1 Å². The molecule has 0 aliphatic heterocycles. The van der Waals surface area contributed by atoms with Crippen LogP contribution in [0.25, 0.3) is 10.6 Å². The van der Waals surface area contributed by atoms with Crippen LogP contribution in [0, 0.1) is 0 Å². The maximum absolute atomic E-state index is 12.0. The van der Waals surface area contributed by atoms with Gasteiger partial charge in [-0.05, 0) is 27.2 Å². The van der Waals surface area contributed by atoms with Gasteiger partial charge in [-0.2, -0.15) is 5.10 Å². The number of thiazole rings is 1. The summed E-state index contributed by atoms with van der Waals surface area (Å²) in [6.45, 7) is 8.87. The minimum absolute atomic E-state index is 0.247. The largest absolute Gasteiger partial charge is 0.465 e. The summed E-state index contributed by atoms with van der Waals surface area (Å²) >= 11 is 1.52. The molecule has 2 heterocycles. The van der Waals surface area contributed by atoms with Crippen LogP contribution in [0.2, 0.25) is 0 Å². The van der Waals surface area contributed by atoms with E-state index in [1.165, 1.54) is 11.3 Å². The summed E-state index contributed by atoms with van der Waals surface area (Å²) in [5, 5.41) is 7.11. The number of nitrogens with zero attached hydrogens (tertiary/aromatic N) is 3. The first-order valence-electron chi connectivity index (χ1n) is 7.15. The zero-order chi connectivity index (χ0) is 15.5. The van der Waals surface area contributed by atoms with E-state index in [9.17, 15) is 4.79 Å². The molecule has 0 unspecified atom stereocenters. The van der Waals surface area contributed by atoms with Gasteiger partial charge in [0.25, 0.3) is 0 Å². The summed E-state index contributed by atoms with van der Waals surface area (Å²) < 4.78 is 7.03. The maximum Gasteiger partial charge on any atom is 0.317 e. The van der Waals surface area contributed by atoms with E-state index >= 15 is 0 Å². The van der Waals surface area contributed by atoms with Gasteiger partial charge in [0, 0.05) is 23.7 Å². The fourth-order valence-electron chi connectivity index (χ4n) is 1.93. The zero-order valence-electron chi connectivity index (χ0n) is 12.9. The third kappa shape index (κ3) is 3.32. The number of carbonyl (C=O) groups excluding carboxylic acids is 1. The van der Waals surface area contributed by atoms with Crippen LogP contribution in [-0.2, 0) is 21.5 Å². The van der Waals surface area contributed by atoms with Crippen LogP contribution in [0.15, 0.2) is 17.8 Å². The molecule has 0 saturated heterocycles. The van der Waals surface area contributed by atoms with E-state index in [-0.39, 0.29) is 5.97 Å². The van der Waals surface area contributed by atoms with Gasteiger partial charge in [0.2, 0.25) is 0 Å². The number of rotatable bonds is 6. The number of carbonyl (C=O) groups is 1. The van der Waals surface area contributed by atoms with E-state index in [0.717, 1.165) is 29.2 Å². The Morgan fingerprint density at radius 1 is 1.43 bits per heavy atom. The quantitative estimate of drug-likeness (QED) is 0.769. The lowest BCUT2D eigenvalue weighted by Crippen LogP contribution is -2.31. The van der Waals surface area contributed by atoms with Crippen LogP contribution in [0.1, 0.15) is 39.8 Å². The van der Waals surface area contributed by atoms with Gasteiger partial charge in [0.15, 0.2) is 0 Å². The first-order chi connectivity index (χ1) is 9.98. The minimum Gasteiger partial charge on any atom is -0.465 e. The number of esters is 1. The van der Waals surface area contributed by atoms with Gasteiger partial charge in [0.05, 0.1) is 18.5 Å². The molecule has 2 aromatic heterocycles. The zero-order valence-corrected chi connectivity index (χ0v) is 13.7. The Hall–Kier alpha value is -1.69. The molecule has 114 valence electrons. The molecule has 0 N–H and O–H groups in total. The third-order valence-corrected chi connectivity index (χ3v) is 4.15. The molecule has 2 aromatic rings. The lowest BCUT2D eigenvalue weighted by atomic mass is 9.90. The normalized spacial score (nSPS) is 11.6. The number of hydrogen-bond acceptors (Lipinski definition) is 5. The lowest BCUT2D eigenvalue weighted by molar-refractivity contribution is -0.148. The van der Waals surface area contributed by atoms with E-state index in [2.05, 4.69) is 17.0 Å². The second-order valence-corrected chi connectivity index (χ2v) is 6.23. The van der Waals surface area contributed by atoms with Crippen LogP contribution in [0.5, 0.6) is 0 Å². The van der Waals surface area contributed by atoms with Crippen LogP contribution in [0.4, 0.5) is 0 Å². The van der Waals surface area contributed by atoms with Gasteiger partial charge >= 0.3 is 5.97 Å². The summed E-state index contributed by atoms with van der Waals surface area (Å²) in [6, 6.07) is 0. The molecule has 0 amide bonds. The molecule has 0 aliphatic rings. The van der Waals surface area contributed by atoms with Gasteiger partial charge < -0.3 is 4.74 Å². The fraction of sp³-hybridized carbons (Fsp3) is 0.533. The monoisotopic (exact) mass is 307 g/mol. The molecule has 0 saturated carbocycles. The van der Waals surface area contributed by atoms with E-state index in [4.69, 9.17) is 4.74 Å². The van der Waals surface area contributed by atoms with Crippen LogP contribution in [0.3, 0.4) is 0 Å². The molecule has 5 nitrogen and oxygen atoms in total. The molecule has 0 bridgehead atoms. The van der Waals surface area contributed by atoms with Crippen molar-refractivity contribution >= 4 is 17.3 Å². The van der Waals surface area contributed by atoms with E-state index in [0.29, 0.717) is 6.61 Å². The summed E-state index contributed by atoms with van der Waals surface area (Å²) in [4.78, 5) is 16.6. The van der Waals surface area contributed by atoms with Gasteiger partial charge in [-0.15, -0.1) is 11.3 Å². The number of ether oxygens (including phenoxy) is 1. The molecule has 21 heavy (non-hydrogen) atoms. The van der Waals surface area contributed by atoms with Gasteiger partial charge in [0.1, 0.15) is 10.4 Å². The van der Waals surface area contributed by atoms with E-state index in [1.54, 1.807) is 0 Å². The Bertz CT molecular complexity index is 616. The SMILES string of the molecule is CCCn1cc(-c2nc(C(C)(C)C(=O)OCC)cs2)cn1. The molecule has 0 atom stereocenters. The summed E-state index contributed by atoms with van der Waals surface area (Å²) in [5.41, 5.74) is 0.994. The first kappa shape index (κ1) is 15.7. The van der Waals surface area contributed by atoms with E-state index < -0.39 is 5.41 Å². The van der Waals surface area contributed by atoms with Crippen LogP contribution in [-0.4, -0.2) is 27.3 Å². The van der Waals surface area contributed by atoms with Crippen molar-refractivity contribution in [3.63, 3.8) is 0 Å². The van der Waals surface area contributed by atoms with Crippen LogP contribution >= 0.6 is 11.3 Å². The van der Waals surface area contributed by atoms with Crippen molar-refractivity contribution in [1.29, 1.82) is 0 Å². The van der Waals surface area contributed by atoms with Crippen molar-refractivity contribution < 1.29 is 9.53 Å². The maximum atomic E-state index is 12.0. The van der Waals surface area contributed by atoms with Crippen molar-refractivity contribution in [1.82, 2.24) is 14.8 Å². The summed E-state index contributed by atoms with van der Waals surface area (Å²) in [5.74, 6) is -0.247.